The maximum atomic E-state index is 12.0. The van der Waals surface area contributed by atoms with Crippen molar-refractivity contribution in [3.8, 4) is 11.8 Å². The van der Waals surface area contributed by atoms with E-state index in [0.29, 0.717) is 11.4 Å². The molecule has 0 aromatic carbocycles. The number of nitrogens with one attached hydrogen (secondary N) is 2. The first-order chi connectivity index (χ1) is 9.93. The molecule has 0 spiro atoms. The van der Waals surface area contributed by atoms with Gasteiger partial charge in [-0.05, 0) is 32.4 Å². The fourth-order valence-corrected chi connectivity index (χ4v) is 2.57. The number of hydrogen-bond acceptors (Lipinski definition) is 4. The molecule has 5 nitrogen and oxygen atoms in total. The SMILES string of the molecule is Cc1cc(C(=O)NCCC(=O)NC(C)C)sc1C#CCO. The minimum Gasteiger partial charge on any atom is -0.384 e. The van der Waals surface area contributed by atoms with Gasteiger partial charge in [0, 0.05) is 19.0 Å². The maximum Gasteiger partial charge on any atom is 0.261 e. The molecule has 2 amide bonds. The third-order valence-electron chi connectivity index (χ3n) is 2.51. The second kappa shape index (κ2) is 8.45. The lowest BCUT2D eigenvalue weighted by Gasteiger charge is -2.08. The third kappa shape index (κ3) is 5.98. The van der Waals surface area contributed by atoms with Crippen LogP contribution in [-0.4, -0.2) is 36.1 Å². The van der Waals surface area contributed by atoms with E-state index in [1.165, 1.54) is 11.3 Å². The predicted octanol–water partition coefficient (Wildman–Crippen LogP) is 1.04. The monoisotopic (exact) mass is 308 g/mol. The number of aliphatic hydroxyl groups excluding tert-OH is 1. The van der Waals surface area contributed by atoms with Crippen LogP contribution >= 0.6 is 11.3 Å². The van der Waals surface area contributed by atoms with Crippen molar-refractivity contribution in [3.63, 3.8) is 0 Å². The van der Waals surface area contributed by atoms with Gasteiger partial charge < -0.3 is 15.7 Å². The van der Waals surface area contributed by atoms with Gasteiger partial charge in [-0.3, -0.25) is 9.59 Å². The van der Waals surface area contributed by atoms with Gasteiger partial charge >= 0.3 is 0 Å². The third-order valence-corrected chi connectivity index (χ3v) is 3.66. The number of hydrogen-bond donors (Lipinski definition) is 3. The molecule has 0 saturated heterocycles. The molecule has 0 fully saturated rings. The van der Waals surface area contributed by atoms with Crippen LogP contribution < -0.4 is 10.6 Å². The number of carbonyl (C=O) groups excluding carboxylic acids is 2. The van der Waals surface area contributed by atoms with Crippen molar-refractivity contribution in [2.24, 2.45) is 0 Å². The first-order valence-electron chi connectivity index (χ1n) is 6.71. The molecular weight excluding hydrogens is 288 g/mol. The highest BCUT2D eigenvalue weighted by molar-refractivity contribution is 7.14. The van der Waals surface area contributed by atoms with Crippen LogP contribution in [0.1, 0.15) is 40.4 Å². The van der Waals surface area contributed by atoms with E-state index in [2.05, 4.69) is 22.5 Å². The fraction of sp³-hybridized carbons (Fsp3) is 0.467. The molecule has 3 N–H and O–H groups in total. The summed E-state index contributed by atoms with van der Waals surface area (Å²) in [6, 6.07) is 1.86. The lowest BCUT2D eigenvalue weighted by atomic mass is 10.2. The van der Waals surface area contributed by atoms with E-state index in [-0.39, 0.29) is 30.9 Å². The summed E-state index contributed by atoms with van der Waals surface area (Å²) >= 11 is 1.28. The molecular formula is C15H20N2O3S. The van der Waals surface area contributed by atoms with Gasteiger partial charge in [-0.15, -0.1) is 11.3 Å². The van der Waals surface area contributed by atoms with E-state index >= 15 is 0 Å². The first-order valence-corrected chi connectivity index (χ1v) is 7.53. The Kier molecular flexibility index (Phi) is 6.92. The smallest absolute Gasteiger partial charge is 0.261 e. The van der Waals surface area contributed by atoms with Gasteiger partial charge in [0.25, 0.3) is 5.91 Å². The summed E-state index contributed by atoms with van der Waals surface area (Å²) in [4.78, 5) is 24.7. The summed E-state index contributed by atoms with van der Waals surface area (Å²) in [5.41, 5.74) is 0.906. The molecule has 1 rings (SSSR count). The summed E-state index contributed by atoms with van der Waals surface area (Å²) in [5, 5.41) is 14.2. The molecule has 114 valence electrons. The van der Waals surface area contributed by atoms with E-state index in [1.807, 2.05) is 20.8 Å². The quantitative estimate of drug-likeness (QED) is 0.711. The van der Waals surface area contributed by atoms with E-state index < -0.39 is 0 Å². The summed E-state index contributed by atoms with van der Waals surface area (Å²) in [7, 11) is 0. The summed E-state index contributed by atoms with van der Waals surface area (Å²) in [6.45, 7) is 5.74. The minimum atomic E-state index is -0.211. The van der Waals surface area contributed by atoms with Gasteiger partial charge in [0.05, 0.1) is 9.75 Å². The van der Waals surface area contributed by atoms with Crippen molar-refractivity contribution in [3.05, 3.63) is 21.4 Å². The van der Waals surface area contributed by atoms with Crippen LogP contribution in [0.4, 0.5) is 0 Å². The average molecular weight is 308 g/mol. The van der Waals surface area contributed by atoms with Crippen molar-refractivity contribution >= 4 is 23.2 Å². The normalized spacial score (nSPS) is 9.95. The molecule has 0 bridgehead atoms. The lowest BCUT2D eigenvalue weighted by Crippen LogP contribution is -2.33. The predicted molar refractivity (Wildman–Crippen MR) is 83.2 cm³/mol. The minimum absolute atomic E-state index is 0.0813. The van der Waals surface area contributed by atoms with Crippen LogP contribution in [0.2, 0.25) is 0 Å². The molecule has 0 atom stereocenters. The molecule has 0 aliphatic heterocycles. The van der Waals surface area contributed by atoms with E-state index in [9.17, 15) is 9.59 Å². The van der Waals surface area contributed by atoms with Crippen molar-refractivity contribution in [1.82, 2.24) is 10.6 Å². The van der Waals surface area contributed by atoms with Crippen LogP contribution in [0.25, 0.3) is 0 Å². The van der Waals surface area contributed by atoms with E-state index in [4.69, 9.17) is 5.11 Å². The number of aliphatic hydroxyl groups is 1. The van der Waals surface area contributed by atoms with Gasteiger partial charge in [0.2, 0.25) is 5.91 Å². The lowest BCUT2D eigenvalue weighted by molar-refractivity contribution is -0.121. The highest BCUT2D eigenvalue weighted by Gasteiger charge is 2.12. The van der Waals surface area contributed by atoms with Gasteiger partial charge in [0.1, 0.15) is 6.61 Å². The molecule has 0 unspecified atom stereocenters. The Morgan fingerprint density at radius 3 is 2.76 bits per heavy atom. The largest absolute Gasteiger partial charge is 0.384 e. The Morgan fingerprint density at radius 2 is 2.14 bits per heavy atom. The molecule has 1 aromatic heterocycles. The number of amides is 2. The molecule has 21 heavy (non-hydrogen) atoms. The topological polar surface area (TPSA) is 78.4 Å². The number of thiophene rings is 1. The Morgan fingerprint density at radius 1 is 1.43 bits per heavy atom. The molecule has 1 aromatic rings. The molecule has 0 saturated carbocycles. The zero-order chi connectivity index (χ0) is 15.8. The fourth-order valence-electron chi connectivity index (χ4n) is 1.61. The highest BCUT2D eigenvalue weighted by atomic mass is 32.1. The summed E-state index contributed by atoms with van der Waals surface area (Å²) in [6.07, 6.45) is 0.255. The maximum absolute atomic E-state index is 12.0. The molecule has 1 heterocycles. The summed E-state index contributed by atoms with van der Waals surface area (Å²) in [5.74, 6) is 5.08. The number of carbonyl (C=O) groups is 2. The second-order valence-corrected chi connectivity index (χ2v) is 5.86. The van der Waals surface area contributed by atoms with Crippen LogP contribution in [0.3, 0.4) is 0 Å². The van der Waals surface area contributed by atoms with Gasteiger partial charge in [-0.25, -0.2) is 0 Å². The molecule has 0 aliphatic rings. The second-order valence-electron chi connectivity index (χ2n) is 4.81. The van der Waals surface area contributed by atoms with Crippen LogP contribution in [0.15, 0.2) is 6.07 Å². The molecule has 6 heteroatoms. The Hall–Kier alpha value is -1.84. The number of aryl methyl sites for hydroxylation is 1. The zero-order valence-electron chi connectivity index (χ0n) is 12.4. The van der Waals surface area contributed by atoms with Crippen LogP contribution in [0, 0.1) is 18.8 Å². The zero-order valence-corrected chi connectivity index (χ0v) is 13.3. The van der Waals surface area contributed by atoms with Crippen molar-refractivity contribution in [1.29, 1.82) is 0 Å². The molecule has 0 radical (unpaired) electrons. The highest BCUT2D eigenvalue weighted by Crippen LogP contribution is 2.20. The Labute approximate surface area is 128 Å². The van der Waals surface area contributed by atoms with Gasteiger partial charge in [-0.2, -0.15) is 0 Å². The van der Waals surface area contributed by atoms with E-state index in [1.54, 1.807) is 6.07 Å². The Bertz CT molecular complexity index is 567. The van der Waals surface area contributed by atoms with Crippen LogP contribution in [0.5, 0.6) is 0 Å². The van der Waals surface area contributed by atoms with Crippen molar-refractivity contribution in [2.45, 2.75) is 33.2 Å². The van der Waals surface area contributed by atoms with Crippen molar-refractivity contribution in [2.75, 3.05) is 13.2 Å². The van der Waals surface area contributed by atoms with Crippen LogP contribution in [-0.2, 0) is 4.79 Å². The van der Waals surface area contributed by atoms with Gasteiger partial charge in [0.15, 0.2) is 0 Å². The Balaban J connectivity index is 2.51. The number of rotatable bonds is 5. The standard InChI is InChI=1S/C15H20N2O3S/c1-10(2)17-14(19)6-7-16-15(20)13-9-11(3)12(21-13)5-4-8-18/h9-10,18H,6-8H2,1-3H3,(H,16,20)(H,17,19). The first kappa shape index (κ1) is 17.2. The van der Waals surface area contributed by atoms with Gasteiger partial charge in [-0.1, -0.05) is 11.8 Å². The average Bonchev–Trinajstić information content (AvgIpc) is 2.77. The summed E-state index contributed by atoms with van der Waals surface area (Å²) < 4.78 is 0. The van der Waals surface area contributed by atoms with E-state index in [0.717, 1.165) is 10.4 Å². The molecule has 0 aliphatic carbocycles. The van der Waals surface area contributed by atoms with Crippen molar-refractivity contribution < 1.29 is 14.7 Å².